The van der Waals surface area contributed by atoms with Gasteiger partial charge in [-0.2, -0.15) is 0 Å². The maximum Gasteiger partial charge on any atom is 0.194 e. The Morgan fingerprint density at radius 3 is 1.37 bits per heavy atom. The summed E-state index contributed by atoms with van der Waals surface area (Å²) in [4.78, 5) is 13.8. The van der Waals surface area contributed by atoms with Crippen LogP contribution in [0.25, 0.3) is 22.3 Å². The minimum atomic E-state index is -0.0912. The number of hydrogen-bond donors (Lipinski definition) is 2. The highest BCUT2D eigenvalue weighted by Crippen LogP contribution is 2.36. The van der Waals surface area contributed by atoms with Gasteiger partial charge in [-0.25, -0.2) is 0 Å². The van der Waals surface area contributed by atoms with Crippen LogP contribution in [0.1, 0.15) is 15.9 Å². The summed E-state index contributed by atoms with van der Waals surface area (Å²) in [6.45, 7) is 0. The zero-order chi connectivity index (χ0) is 21.3. The highest BCUT2D eigenvalue weighted by molar-refractivity contribution is 9.10. The van der Waals surface area contributed by atoms with Crippen molar-refractivity contribution in [3.05, 3.63) is 105 Å². The van der Waals surface area contributed by atoms with Crippen LogP contribution < -0.4 is 11.5 Å². The Morgan fingerprint density at radius 2 is 0.967 bits per heavy atom. The molecule has 4 N–H and O–H groups in total. The maximum atomic E-state index is 13.8. The summed E-state index contributed by atoms with van der Waals surface area (Å²) in [5, 5.41) is 0. The Hall–Kier alpha value is -2.89. The molecule has 5 heteroatoms. The van der Waals surface area contributed by atoms with E-state index in [1.165, 1.54) is 0 Å². The normalized spacial score (nSPS) is 10.7. The molecule has 0 aliphatic heterocycles. The Bertz CT molecular complexity index is 1170. The van der Waals surface area contributed by atoms with Gasteiger partial charge in [-0.3, -0.25) is 4.79 Å². The standard InChI is InChI=1S/C25H18Br2N2O/c26-15-9-11-19(21(13-15)17-5-1-3-7-23(17)28)25(30)20-12-10-16(27)14-22(20)18-6-2-4-8-24(18)29/h1-14H,28-29H2. The number of ketones is 1. The molecule has 0 radical (unpaired) electrons. The van der Waals surface area contributed by atoms with Crippen LogP contribution >= 0.6 is 31.9 Å². The predicted molar refractivity (Wildman–Crippen MR) is 131 cm³/mol. The molecule has 4 aromatic rings. The number of nitrogens with two attached hydrogens (primary N) is 2. The van der Waals surface area contributed by atoms with Gasteiger partial charge in [0, 0.05) is 42.6 Å². The van der Waals surface area contributed by atoms with Crippen LogP contribution in [0.2, 0.25) is 0 Å². The monoisotopic (exact) mass is 520 g/mol. The molecule has 4 aromatic carbocycles. The van der Waals surface area contributed by atoms with E-state index in [1.54, 1.807) is 0 Å². The van der Waals surface area contributed by atoms with Crippen molar-refractivity contribution in [1.82, 2.24) is 0 Å². The van der Waals surface area contributed by atoms with E-state index < -0.39 is 0 Å². The molecule has 0 aromatic heterocycles. The van der Waals surface area contributed by atoms with Crippen molar-refractivity contribution >= 4 is 49.0 Å². The SMILES string of the molecule is Nc1ccccc1-c1cc(Br)ccc1C(=O)c1ccc(Br)cc1-c1ccccc1N. The van der Waals surface area contributed by atoms with E-state index in [-0.39, 0.29) is 5.78 Å². The van der Waals surface area contributed by atoms with Crippen molar-refractivity contribution in [2.75, 3.05) is 11.5 Å². The highest BCUT2D eigenvalue weighted by atomic mass is 79.9. The van der Waals surface area contributed by atoms with Crippen molar-refractivity contribution in [1.29, 1.82) is 0 Å². The average molecular weight is 522 g/mol. The van der Waals surface area contributed by atoms with Crippen LogP contribution in [0.5, 0.6) is 0 Å². The molecule has 0 atom stereocenters. The molecule has 0 bridgehead atoms. The number of rotatable bonds is 4. The lowest BCUT2D eigenvalue weighted by Gasteiger charge is -2.15. The van der Waals surface area contributed by atoms with E-state index >= 15 is 0 Å². The summed E-state index contributed by atoms with van der Waals surface area (Å²) in [6, 6.07) is 26.3. The molecular formula is C25H18Br2N2O. The number of anilines is 2. The second-order valence-electron chi connectivity index (χ2n) is 6.88. The van der Waals surface area contributed by atoms with E-state index in [1.807, 2.05) is 84.9 Å². The van der Waals surface area contributed by atoms with Gasteiger partial charge < -0.3 is 11.5 Å². The number of para-hydroxylation sites is 2. The molecule has 4 rings (SSSR count). The third-order valence-corrected chi connectivity index (χ3v) is 5.94. The lowest BCUT2D eigenvalue weighted by Crippen LogP contribution is -2.07. The Kier molecular flexibility index (Phi) is 5.75. The fourth-order valence-corrected chi connectivity index (χ4v) is 4.23. The fraction of sp³-hybridized carbons (Fsp3) is 0. The molecule has 0 saturated carbocycles. The summed E-state index contributed by atoms with van der Waals surface area (Å²) in [5.41, 5.74) is 18.0. The van der Waals surface area contributed by atoms with Gasteiger partial charge in [0.2, 0.25) is 0 Å². The van der Waals surface area contributed by atoms with Crippen molar-refractivity contribution in [2.45, 2.75) is 0 Å². The number of carbonyl (C=O) groups is 1. The topological polar surface area (TPSA) is 69.1 Å². The van der Waals surface area contributed by atoms with Gasteiger partial charge in [-0.15, -0.1) is 0 Å². The molecular weight excluding hydrogens is 504 g/mol. The highest BCUT2D eigenvalue weighted by Gasteiger charge is 2.21. The fourth-order valence-electron chi connectivity index (χ4n) is 3.50. The minimum Gasteiger partial charge on any atom is -0.398 e. The molecule has 0 aliphatic rings. The largest absolute Gasteiger partial charge is 0.398 e. The number of hydrogen-bond acceptors (Lipinski definition) is 3. The van der Waals surface area contributed by atoms with Crippen LogP contribution in [0.15, 0.2) is 93.9 Å². The number of benzene rings is 4. The molecule has 0 unspecified atom stereocenters. The molecule has 0 heterocycles. The first kappa shape index (κ1) is 20.4. The van der Waals surface area contributed by atoms with Gasteiger partial charge in [-0.1, -0.05) is 68.3 Å². The van der Waals surface area contributed by atoms with Crippen LogP contribution in [-0.2, 0) is 0 Å². The van der Waals surface area contributed by atoms with E-state index in [9.17, 15) is 4.79 Å². The molecule has 3 nitrogen and oxygen atoms in total. The smallest absolute Gasteiger partial charge is 0.194 e. The van der Waals surface area contributed by atoms with Gasteiger partial charge in [0.1, 0.15) is 0 Å². The van der Waals surface area contributed by atoms with Gasteiger partial charge in [0.05, 0.1) is 0 Å². The van der Waals surface area contributed by atoms with Crippen molar-refractivity contribution in [3.8, 4) is 22.3 Å². The summed E-state index contributed by atoms with van der Waals surface area (Å²) < 4.78 is 1.75. The third kappa shape index (κ3) is 3.91. The quantitative estimate of drug-likeness (QED) is 0.225. The van der Waals surface area contributed by atoms with E-state index in [0.29, 0.717) is 22.5 Å². The number of carbonyl (C=O) groups excluding carboxylic acids is 1. The average Bonchev–Trinajstić information content (AvgIpc) is 2.74. The molecule has 30 heavy (non-hydrogen) atoms. The van der Waals surface area contributed by atoms with E-state index in [0.717, 1.165) is 31.2 Å². The van der Waals surface area contributed by atoms with E-state index in [2.05, 4.69) is 31.9 Å². The first-order valence-corrected chi connectivity index (χ1v) is 10.9. The van der Waals surface area contributed by atoms with Gasteiger partial charge in [-0.05, 0) is 59.7 Å². The first-order chi connectivity index (χ1) is 14.5. The zero-order valence-corrected chi connectivity index (χ0v) is 19.1. The molecule has 0 aliphatic carbocycles. The number of nitrogen functional groups attached to an aromatic ring is 2. The van der Waals surface area contributed by atoms with E-state index in [4.69, 9.17) is 11.5 Å². The molecule has 0 saturated heterocycles. The van der Waals surface area contributed by atoms with Gasteiger partial charge in [0.25, 0.3) is 0 Å². The van der Waals surface area contributed by atoms with Crippen LogP contribution in [0, 0.1) is 0 Å². The molecule has 0 spiro atoms. The van der Waals surface area contributed by atoms with Crippen molar-refractivity contribution < 1.29 is 4.79 Å². The summed E-state index contributed by atoms with van der Waals surface area (Å²) in [6.07, 6.45) is 0. The summed E-state index contributed by atoms with van der Waals surface area (Å²) in [5.74, 6) is -0.0912. The molecule has 0 amide bonds. The van der Waals surface area contributed by atoms with Gasteiger partial charge in [0.15, 0.2) is 5.78 Å². The minimum absolute atomic E-state index is 0.0912. The van der Waals surface area contributed by atoms with Crippen LogP contribution in [-0.4, -0.2) is 5.78 Å². The maximum absolute atomic E-state index is 13.8. The number of halogens is 2. The lowest BCUT2D eigenvalue weighted by molar-refractivity contribution is 0.104. The molecule has 148 valence electrons. The van der Waals surface area contributed by atoms with Crippen molar-refractivity contribution in [3.63, 3.8) is 0 Å². The Morgan fingerprint density at radius 1 is 0.567 bits per heavy atom. The summed E-state index contributed by atoms with van der Waals surface area (Å²) >= 11 is 7.04. The second kappa shape index (κ2) is 8.46. The van der Waals surface area contributed by atoms with Crippen LogP contribution in [0.4, 0.5) is 11.4 Å². The zero-order valence-electron chi connectivity index (χ0n) is 15.9. The predicted octanol–water partition coefficient (Wildman–Crippen LogP) is 6.94. The van der Waals surface area contributed by atoms with Crippen LogP contribution in [0.3, 0.4) is 0 Å². The second-order valence-corrected chi connectivity index (χ2v) is 8.71. The Labute approximate surface area is 192 Å². The molecule has 0 fully saturated rings. The summed E-state index contributed by atoms with van der Waals surface area (Å²) in [7, 11) is 0. The Balaban J connectivity index is 1.93. The lowest BCUT2D eigenvalue weighted by atomic mass is 9.89. The van der Waals surface area contributed by atoms with Gasteiger partial charge >= 0.3 is 0 Å². The van der Waals surface area contributed by atoms with Crippen molar-refractivity contribution in [2.24, 2.45) is 0 Å². The first-order valence-electron chi connectivity index (χ1n) is 9.29. The third-order valence-electron chi connectivity index (χ3n) is 4.95.